The Bertz CT molecular complexity index is 756. The van der Waals surface area contributed by atoms with Crippen molar-refractivity contribution in [3.8, 4) is 0 Å². The van der Waals surface area contributed by atoms with Crippen LogP contribution in [0.5, 0.6) is 0 Å². The van der Waals surface area contributed by atoms with Crippen molar-refractivity contribution in [3.63, 3.8) is 0 Å². The highest BCUT2D eigenvalue weighted by molar-refractivity contribution is 7.90. The maximum atomic E-state index is 12.3. The van der Waals surface area contributed by atoms with Crippen LogP contribution in [-0.4, -0.2) is 32.6 Å². The molecule has 0 aliphatic rings. The number of halogens is 1. The first-order valence-corrected chi connectivity index (χ1v) is 8.26. The van der Waals surface area contributed by atoms with E-state index in [1.807, 2.05) is 0 Å². The van der Waals surface area contributed by atoms with E-state index in [-0.39, 0.29) is 10.8 Å². The van der Waals surface area contributed by atoms with E-state index in [0.717, 1.165) is 6.26 Å². The van der Waals surface area contributed by atoms with Crippen LogP contribution in [0.4, 0.5) is 5.82 Å². The largest absolute Gasteiger partial charge is 0.296 e. The third kappa shape index (κ3) is 3.59. The average molecular weight is 325 g/mol. The smallest absolute Gasteiger partial charge is 0.259 e. The maximum Gasteiger partial charge on any atom is 0.259 e. The summed E-state index contributed by atoms with van der Waals surface area (Å²) < 4.78 is 22.8. The summed E-state index contributed by atoms with van der Waals surface area (Å²) in [5, 5.41) is 0.483. The number of amides is 1. The van der Waals surface area contributed by atoms with Gasteiger partial charge in [-0.05, 0) is 36.4 Å². The molecule has 110 valence electrons. The molecule has 1 aromatic carbocycles. The lowest BCUT2D eigenvalue weighted by Crippen LogP contribution is -2.27. The minimum absolute atomic E-state index is 0.173. The Morgan fingerprint density at radius 1 is 1.14 bits per heavy atom. The molecule has 0 saturated carbocycles. The first kappa shape index (κ1) is 15.5. The van der Waals surface area contributed by atoms with E-state index >= 15 is 0 Å². The number of rotatable bonds is 3. The second kappa shape index (κ2) is 5.83. The number of pyridine rings is 1. The Morgan fingerprint density at radius 2 is 1.76 bits per heavy atom. The quantitative estimate of drug-likeness (QED) is 0.869. The predicted molar refractivity (Wildman–Crippen MR) is 81.5 cm³/mol. The maximum absolute atomic E-state index is 12.3. The molecule has 2 aromatic rings. The number of carbonyl (C=O) groups excluding carboxylic acids is 1. The zero-order valence-corrected chi connectivity index (χ0v) is 13.0. The summed E-state index contributed by atoms with van der Waals surface area (Å²) in [5.41, 5.74) is 0.377. The normalized spacial score (nSPS) is 11.2. The third-order valence-corrected chi connectivity index (χ3v) is 4.24. The van der Waals surface area contributed by atoms with E-state index in [1.165, 1.54) is 35.4 Å². The topological polar surface area (TPSA) is 67.3 Å². The van der Waals surface area contributed by atoms with Crippen molar-refractivity contribution in [3.05, 3.63) is 53.2 Å². The molecule has 7 heteroatoms. The molecular formula is C14H13ClN2O3S. The van der Waals surface area contributed by atoms with Crippen LogP contribution >= 0.6 is 11.6 Å². The fourth-order valence-corrected chi connectivity index (χ4v) is 2.45. The Labute approximate surface area is 128 Å². The van der Waals surface area contributed by atoms with Gasteiger partial charge in [-0.2, -0.15) is 0 Å². The van der Waals surface area contributed by atoms with E-state index in [9.17, 15) is 13.2 Å². The first-order valence-electron chi connectivity index (χ1n) is 5.99. The zero-order chi connectivity index (χ0) is 15.6. The second-order valence-corrected chi connectivity index (χ2v) is 6.95. The van der Waals surface area contributed by atoms with Crippen LogP contribution in [0.3, 0.4) is 0 Å². The number of benzene rings is 1. The lowest BCUT2D eigenvalue weighted by molar-refractivity contribution is 0.0992. The van der Waals surface area contributed by atoms with Crippen LogP contribution in [-0.2, 0) is 9.84 Å². The Hall–Kier alpha value is -1.92. The summed E-state index contributed by atoms with van der Waals surface area (Å²) in [6, 6.07) is 9.04. The average Bonchev–Trinajstić information content (AvgIpc) is 2.46. The summed E-state index contributed by atoms with van der Waals surface area (Å²) in [6.45, 7) is 0. The molecule has 1 amide bonds. The number of aromatic nitrogens is 1. The van der Waals surface area contributed by atoms with E-state index in [2.05, 4.69) is 4.98 Å². The summed E-state index contributed by atoms with van der Waals surface area (Å²) in [6.07, 6.45) is 2.57. The summed E-state index contributed by atoms with van der Waals surface area (Å²) in [7, 11) is -1.69. The monoisotopic (exact) mass is 324 g/mol. The Morgan fingerprint density at radius 3 is 2.24 bits per heavy atom. The highest BCUT2D eigenvalue weighted by atomic mass is 35.5. The van der Waals surface area contributed by atoms with Crippen molar-refractivity contribution >= 4 is 33.2 Å². The van der Waals surface area contributed by atoms with Gasteiger partial charge in [0.15, 0.2) is 9.84 Å². The van der Waals surface area contributed by atoms with E-state index < -0.39 is 9.84 Å². The van der Waals surface area contributed by atoms with Crippen LogP contribution in [0, 0.1) is 0 Å². The van der Waals surface area contributed by atoms with Crippen molar-refractivity contribution < 1.29 is 13.2 Å². The van der Waals surface area contributed by atoms with Crippen molar-refractivity contribution in [1.82, 2.24) is 4.98 Å². The van der Waals surface area contributed by atoms with Gasteiger partial charge in [-0.25, -0.2) is 13.4 Å². The Kier molecular flexibility index (Phi) is 4.29. The molecule has 2 rings (SSSR count). The van der Waals surface area contributed by atoms with E-state index in [1.54, 1.807) is 19.2 Å². The van der Waals surface area contributed by atoms with E-state index in [0.29, 0.717) is 16.4 Å². The van der Waals surface area contributed by atoms with Crippen LogP contribution in [0.1, 0.15) is 10.4 Å². The highest BCUT2D eigenvalue weighted by Gasteiger charge is 2.15. The lowest BCUT2D eigenvalue weighted by atomic mass is 10.2. The van der Waals surface area contributed by atoms with Crippen LogP contribution in [0.15, 0.2) is 47.5 Å². The van der Waals surface area contributed by atoms with Gasteiger partial charge in [0.05, 0.1) is 9.92 Å². The van der Waals surface area contributed by atoms with Crippen LogP contribution in [0.2, 0.25) is 5.02 Å². The van der Waals surface area contributed by atoms with Crippen molar-refractivity contribution in [2.45, 2.75) is 4.90 Å². The van der Waals surface area contributed by atoms with Crippen molar-refractivity contribution in [2.75, 3.05) is 18.2 Å². The molecule has 0 spiro atoms. The molecule has 0 aliphatic carbocycles. The van der Waals surface area contributed by atoms with Gasteiger partial charge in [-0.1, -0.05) is 11.6 Å². The third-order valence-electron chi connectivity index (χ3n) is 2.89. The standard InChI is InChI=1S/C14H13ClN2O3S/c1-17(13-8-5-11(15)9-16-13)14(18)10-3-6-12(7-4-10)21(2,19)20/h3-9H,1-2H3. The number of carbonyl (C=O) groups is 1. The molecule has 1 aromatic heterocycles. The molecule has 0 aliphatic heterocycles. The molecule has 0 bridgehead atoms. The number of nitrogens with zero attached hydrogens (tertiary/aromatic N) is 2. The summed E-state index contributed by atoms with van der Waals surface area (Å²) >= 11 is 5.75. The van der Waals surface area contributed by atoms with Gasteiger partial charge in [0.25, 0.3) is 5.91 Å². The SMILES string of the molecule is CN(C(=O)c1ccc(S(C)(=O)=O)cc1)c1ccc(Cl)cn1. The van der Waals surface area contributed by atoms with Gasteiger partial charge >= 0.3 is 0 Å². The predicted octanol–water partition coefficient (Wildman–Crippen LogP) is 2.42. The number of sulfone groups is 1. The van der Waals surface area contributed by atoms with Gasteiger partial charge < -0.3 is 0 Å². The molecule has 21 heavy (non-hydrogen) atoms. The molecule has 0 fully saturated rings. The number of hydrogen-bond acceptors (Lipinski definition) is 4. The van der Waals surface area contributed by atoms with E-state index in [4.69, 9.17) is 11.6 Å². The molecule has 0 saturated heterocycles. The summed E-state index contributed by atoms with van der Waals surface area (Å²) in [4.78, 5) is 17.9. The molecule has 0 unspecified atom stereocenters. The van der Waals surface area contributed by atoms with Gasteiger partial charge in [0.1, 0.15) is 5.82 Å². The zero-order valence-electron chi connectivity index (χ0n) is 11.4. The molecule has 0 N–H and O–H groups in total. The molecule has 0 radical (unpaired) electrons. The molecule has 5 nitrogen and oxygen atoms in total. The molecule has 0 atom stereocenters. The van der Waals surface area contributed by atoms with Gasteiger partial charge in [0.2, 0.25) is 0 Å². The van der Waals surface area contributed by atoms with Crippen LogP contribution in [0.25, 0.3) is 0 Å². The number of hydrogen-bond donors (Lipinski definition) is 0. The van der Waals surface area contributed by atoms with Gasteiger partial charge in [-0.3, -0.25) is 9.69 Å². The summed E-state index contributed by atoms with van der Waals surface area (Å²) in [5.74, 6) is 0.168. The fraction of sp³-hybridized carbons (Fsp3) is 0.143. The second-order valence-electron chi connectivity index (χ2n) is 4.50. The fourth-order valence-electron chi connectivity index (χ4n) is 1.71. The Balaban J connectivity index is 2.25. The lowest BCUT2D eigenvalue weighted by Gasteiger charge is -2.16. The van der Waals surface area contributed by atoms with Gasteiger partial charge in [0, 0.05) is 25.1 Å². The van der Waals surface area contributed by atoms with Gasteiger partial charge in [-0.15, -0.1) is 0 Å². The first-order chi connectivity index (χ1) is 9.79. The molecular weight excluding hydrogens is 312 g/mol. The van der Waals surface area contributed by atoms with Crippen molar-refractivity contribution in [1.29, 1.82) is 0 Å². The minimum Gasteiger partial charge on any atom is -0.296 e. The number of anilines is 1. The van der Waals surface area contributed by atoms with Crippen molar-refractivity contribution in [2.24, 2.45) is 0 Å². The molecule has 1 heterocycles. The van der Waals surface area contributed by atoms with Crippen LogP contribution < -0.4 is 4.90 Å². The highest BCUT2D eigenvalue weighted by Crippen LogP contribution is 2.17. The minimum atomic E-state index is -3.27.